The highest BCUT2D eigenvalue weighted by atomic mass is 79.9. The van der Waals surface area contributed by atoms with Gasteiger partial charge >= 0.3 is 0 Å². The van der Waals surface area contributed by atoms with E-state index in [-0.39, 0.29) is 11.2 Å². The Morgan fingerprint density at radius 2 is 1.90 bits per heavy atom. The summed E-state index contributed by atoms with van der Waals surface area (Å²) in [7, 11) is 0. The average molecular weight is 350 g/mol. The van der Waals surface area contributed by atoms with Gasteiger partial charge in [0.25, 0.3) is 5.56 Å². The Morgan fingerprint density at radius 3 is 2.65 bits per heavy atom. The number of fused-ring (bicyclic) bond motifs is 1. The van der Waals surface area contributed by atoms with Crippen molar-refractivity contribution in [3.05, 3.63) is 62.3 Å². The van der Waals surface area contributed by atoms with Crippen molar-refractivity contribution in [1.82, 2.24) is 4.98 Å². The minimum absolute atomic E-state index is 0.170. The van der Waals surface area contributed by atoms with Crippen LogP contribution in [0.4, 0.5) is 5.69 Å². The maximum Gasteiger partial charge on any atom is 0.272 e. The Labute approximate surface area is 128 Å². The zero-order chi connectivity index (χ0) is 14.3. The molecule has 0 aliphatic heterocycles. The molecular weight excluding hydrogens is 340 g/mol. The first-order chi connectivity index (χ1) is 9.58. The van der Waals surface area contributed by atoms with Crippen LogP contribution in [0.1, 0.15) is 0 Å². The van der Waals surface area contributed by atoms with Crippen LogP contribution < -0.4 is 11.3 Å². The second kappa shape index (κ2) is 4.96. The fraction of sp³-hybridized carbons (Fsp3) is 0. The van der Waals surface area contributed by atoms with Gasteiger partial charge in [0, 0.05) is 31.5 Å². The van der Waals surface area contributed by atoms with Crippen LogP contribution in [-0.2, 0) is 0 Å². The first kappa shape index (κ1) is 13.2. The summed E-state index contributed by atoms with van der Waals surface area (Å²) >= 11 is 9.68. The molecule has 0 saturated carbocycles. The molecule has 5 heteroatoms. The van der Waals surface area contributed by atoms with Gasteiger partial charge in [0.2, 0.25) is 0 Å². The van der Waals surface area contributed by atoms with Crippen LogP contribution in [0.25, 0.3) is 22.0 Å². The number of nitrogens with one attached hydrogen (secondary N) is 1. The van der Waals surface area contributed by atoms with E-state index in [1.54, 1.807) is 6.07 Å². The molecule has 0 fully saturated rings. The molecule has 0 saturated heterocycles. The summed E-state index contributed by atoms with van der Waals surface area (Å²) in [6.45, 7) is 0. The molecule has 0 aliphatic carbocycles. The number of nitrogen functional groups attached to an aromatic ring is 1. The van der Waals surface area contributed by atoms with Crippen molar-refractivity contribution in [3.63, 3.8) is 0 Å². The van der Waals surface area contributed by atoms with E-state index < -0.39 is 0 Å². The summed E-state index contributed by atoms with van der Waals surface area (Å²) in [5.41, 5.74) is 7.98. The zero-order valence-corrected chi connectivity index (χ0v) is 12.6. The molecule has 20 heavy (non-hydrogen) atoms. The number of halogens is 2. The lowest BCUT2D eigenvalue weighted by molar-refractivity contribution is 1.31. The maximum absolute atomic E-state index is 12.0. The summed E-state index contributed by atoms with van der Waals surface area (Å²) in [5, 5.41) is 1.41. The standard InChI is InChI=1S/C15H10BrClN2O/c16-8-5-6-12-10(7-8)13(14(18)15(20)19-12)9-3-1-2-4-11(9)17/h1-7H,18H2,(H,19,20). The van der Waals surface area contributed by atoms with Gasteiger partial charge < -0.3 is 10.7 Å². The zero-order valence-electron chi connectivity index (χ0n) is 10.3. The monoisotopic (exact) mass is 348 g/mol. The first-order valence-corrected chi connectivity index (χ1v) is 7.11. The van der Waals surface area contributed by atoms with Gasteiger partial charge in [0.15, 0.2) is 0 Å². The number of H-pyrrole nitrogens is 1. The molecule has 2 aromatic carbocycles. The van der Waals surface area contributed by atoms with Crippen LogP contribution in [0, 0.1) is 0 Å². The minimum Gasteiger partial charge on any atom is -0.394 e. The van der Waals surface area contributed by atoms with E-state index in [0.29, 0.717) is 10.6 Å². The van der Waals surface area contributed by atoms with Crippen LogP contribution in [0.5, 0.6) is 0 Å². The van der Waals surface area contributed by atoms with E-state index in [0.717, 1.165) is 20.9 Å². The lowest BCUT2D eigenvalue weighted by Crippen LogP contribution is -2.13. The molecule has 3 rings (SSSR count). The predicted molar refractivity (Wildman–Crippen MR) is 87.1 cm³/mol. The lowest BCUT2D eigenvalue weighted by atomic mass is 9.99. The number of rotatable bonds is 1. The van der Waals surface area contributed by atoms with Crippen LogP contribution in [0.3, 0.4) is 0 Å². The van der Waals surface area contributed by atoms with Gasteiger partial charge in [-0.15, -0.1) is 0 Å². The largest absolute Gasteiger partial charge is 0.394 e. The first-order valence-electron chi connectivity index (χ1n) is 5.94. The molecule has 0 radical (unpaired) electrons. The number of benzene rings is 2. The van der Waals surface area contributed by atoms with Gasteiger partial charge in [-0.05, 0) is 24.3 Å². The Morgan fingerprint density at radius 1 is 1.15 bits per heavy atom. The van der Waals surface area contributed by atoms with Crippen molar-refractivity contribution in [2.24, 2.45) is 0 Å². The van der Waals surface area contributed by atoms with Gasteiger partial charge in [0.1, 0.15) is 5.69 Å². The van der Waals surface area contributed by atoms with E-state index >= 15 is 0 Å². The van der Waals surface area contributed by atoms with Crippen molar-refractivity contribution >= 4 is 44.1 Å². The second-order valence-electron chi connectivity index (χ2n) is 4.41. The molecule has 1 aromatic heterocycles. The number of nitrogens with two attached hydrogens (primary N) is 1. The molecule has 0 amide bonds. The van der Waals surface area contributed by atoms with E-state index in [2.05, 4.69) is 20.9 Å². The molecule has 0 aliphatic rings. The number of hydrogen-bond acceptors (Lipinski definition) is 2. The van der Waals surface area contributed by atoms with Crippen molar-refractivity contribution < 1.29 is 0 Å². The molecule has 0 bridgehead atoms. The highest BCUT2D eigenvalue weighted by molar-refractivity contribution is 9.10. The van der Waals surface area contributed by atoms with Gasteiger partial charge in [-0.25, -0.2) is 0 Å². The second-order valence-corrected chi connectivity index (χ2v) is 5.74. The Kier molecular flexibility index (Phi) is 3.28. The van der Waals surface area contributed by atoms with Crippen LogP contribution in [0.2, 0.25) is 5.02 Å². The van der Waals surface area contributed by atoms with E-state index in [9.17, 15) is 4.79 Å². The lowest BCUT2D eigenvalue weighted by Gasteiger charge is -2.11. The summed E-state index contributed by atoms with van der Waals surface area (Å²) in [5.74, 6) is 0. The minimum atomic E-state index is -0.310. The molecule has 0 spiro atoms. The Hall–Kier alpha value is -1.78. The van der Waals surface area contributed by atoms with Gasteiger partial charge in [-0.2, -0.15) is 0 Å². The third kappa shape index (κ3) is 2.11. The molecule has 1 heterocycles. The third-order valence-electron chi connectivity index (χ3n) is 3.16. The van der Waals surface area contributed by atoms with Crippen LogP contribution >= 0.6 is 27.5 Å². The van der Waals surface area contributed by atoms with Crippen LogP contribution in [0.15, 0.2) is 51.7 Å². The number of aromatic nitrogens is 1. The molecule has 3 aromatic rings. The summed E-state index contributed by atoms with van der Waals surface area (Å²) in [6, 6.07) is 13.0. The number of hydrogen-bond donors (Lipinski definition) is 2. The highest BCUT2D eigenvalue weighted by Crippen LogP contribution is 2.36. The van der Waals surface area contributed by atoms with Crippen molar-refractivity contribution in [1.29, 1.82) is 0 Å². The maximum atomic E-state index is 12.0. The number of anilines is 1. The Bertz CT molecular complexity index is 873. The molecule has 100 valence electrons. The summed E-state index contributed by atoms with van der Waals surface area (Å²) in [6.07, 6.45) is 0. The molecular formula is C15H10BrClN2O. The molecule has 3 nitrogen and oxygen atoms in total. The SMILES string of the molecule is Nc1c(-c2ccccc2Cl)c2cc(Br)ccc2[nH]c1=O. The van der Waals surface area contributed by atoms with Gasteiger partial charge in [0.05, 0.1) is 0 Å². The smallest absolute Gasteiger partial charge is 0.272 e. The highest BCUT2D eigenvalue weighted by Gasteiger charge is 2.14. The fourth-order valence-electron chi connectivity index (χ4n) is 2.23. The molecule has 0 atom stereocenters. The average Bonchev–Trinajstić information content (AvgIpc) is 2.42. The predicted octanol–water partition coefficient (Wildman–Crippen LogP) is 4.19. The summed E-state index contributed by atoms with van der Waals surface area (Å²) < 4.78 is 0.907. The van der Waals surface area contributed by atoms with Crippen molar-refractivity contribution in [2.75, 3.05) is 5.73 Å². The van der Waals surface area contributed by atoms with Gasteiger partial charge in [-0.1, -0.05) is 45.7 Å². The quantitative estimate of drug-likeness (QED) is 0.692. The fourth-order valence-corrected chi connectivity index (χ4v) is 2.83. The summed E-state index contributed by atoms with van der Waals surface area (Å²) in [4.78, 5) is 14.8. The third-order valence-corrected chi connectivity index (χ3v) is 3.98. The topological polar surface area (TPSA) is 58.9 Å². The Balaban J connectivity index is 2.51. The number of aromatic amines is 1. The molecule has 0 unspecified atom stereocenters. The van der Waals surface area contributed by atoms with E-state index in [1.807, 2.05) is 36.4 Å². The van der Waals surface area contributed by atoms with Crippen molar-refractivity contribution in [2.45, 2.75) is 0 Å². The van der Waals surface area contributed by atoms with Crippen molar-refractivity contribution in [3.8, 4) is 11.1 Å². The molecule has 3 N–H and O–H groups in total. The van der Waals surface area contributed by atoms with Gasteiger partial charge in [-0.3, -0.25) is 4.79 Å². The number of pyridine rings is 1. The van der Waals surface area contributed by atoms with E-state index in [1.165, 1.54) is 0 Å². The normalized spacial score (nSPS) is 10.9. The van der Waals surface area contributed by atoms with Crippen LogP contribution in [-0.4, -0.2) is 4.98 Å². The van der Waals surface area contributed by atoms with E-state index in [4.69, 9.17) is 17.3 Å².